The minimum absolute atomic E-state index is 0.0646. The number of carbonyl (C=O) groups is 1. The number of amides is 1. The number of hydrogen-bond acceptors (Lipinski definition) is 4. The predicted octanol–water partition coefficient (Wildman–Crippen LogP) is 4.37. The Balaban J connectivity index is 1.44. The summed E-state index contributed by atoms with van der Waals surface area (Å²) in [5, 5.41) is 6.43. The summed E-state index contributed by atoms with van der Waals surface area (Å²) in [6.45, 7) is 7.96. The number of piperidine rings is 1. The fourth-order valence-electron chi connectivity index (χ4n) is 4.33. The van der Waals surface area contributed by atoms with Crippen molar-refractivity contribution in [3.8, 4) is 0 Å². The molecule has 2 N–H and O–H groups in total. The van der Waals surface area contributed by atoms with Gasteiger partial charge in [-0.1, -0.05) is 12.1 Å². The van der Waals surface area contributed by atoms with Gasteiger partial charge in [0.25, 0.3) is 0 Å². The standard InChI is InChI=1S/C23H35FN2O3/c1-23(2,3)29-22(27)26-21-11-12-25-14-18(21)15-28-20-9-7-16(8-10-20)17-5-4-6-19(24)13-17/h4-6,13,16,18,20-21,25H,7-12,14-15H2,1-3H3,(H,26,27)/t16?,18-,20?,21?/m0/s1. The van der Waals surface area contributed by atoms with Crippen LogP contribution in [0.3, 0.4) is 0 Å². The molecule has 1 saturated heterocycles. The van der Waals surface area contributed by atoms with Crippen LogP contribution in [-0.2, 0) is 9.47 Å². The van der Waals surface area contributed by atoms with Crippen LogP contribution in [0.5, 0.6) is 0 Å². The van der Waals surface area contributed by atoms with E-state index in [2.05, 4.69) is 10.6 Å². The molecular weight excluding hydrogens is 371 g/mol. The third-order valence-electron chi connectivity index (χ3n) is 5.85. The zero-order valence-electron chi connectivity index (χ0n) is 17.9. The first-order valence-electron chi connectivity index (χ1n) is 10.9. The van der Waals surface area contributed by atoms with Gasteiger partial charge in [-0.15, -0.1) is 0 Å². The summed E-state index contributed by atoms with van der Waals surface area (Å²) in [5.74, 6) is 0.495. The van der Waals surface area contributed by atoms with Crippen molar-refractivity contribution in [1.82, 2.24) is 10.6 Å². The Morgan fingerprint density at radius 1 is 1.21 bits per heavy atom. The average Bonchev–Trinajstić information content (AvgIpc) is 2.66. The van der Waals surface area contributed by atoms with E-state index in [1.807, 2.05) is 26.8 Å². The van der Waals surface area contributed by atoms with Crippen LogP contribution in [0.1, 0.15) is 64.4 Å². The van der Waals surface area contributed by atoms with Crippen molar-refractivity contribution in [2.75, 3.05) is 19.7 Å². The van der Waals surface area contributed by atoms with Crippen molar-refractivity contribution < 1.29 is 18.7 Å². The fourth-order valence-corrected chi connectivity index (χ4v) is 4.33. The molecule has 2 fully saturated rings. The molecule has 0 radical (unpaired) electrons. The third-order valence-corrected chi connectivity index (χ3v) is 5.85. The van der Waals surface area contributed by atoms with E-state index < -0.39 is 5.60 Å². The molecule has 6 heteroatoms. The first-order chi connectivity index (χ1) is 13.8. The van der Waals surface area contributed by atoms with Gasteiger partial charge in [-0.05, 0) is 83.0 Å². The summed E-state index contributed by atoms with van der Waals surface area (Å²) in [7, 11) is 0. The molecule has 162 valence electrons. The third kappa shape index (κ3) is 6.96. The first-order valence-corrected chi connectivity index (χ1v) is 10.9. The summed E-state index contributed by atoms with van der Waals surface area (Å²) in [5.41, 5.74) is 0.602. The highest BCUT2D eigenvalue weighted by Gasteiger charge is 2.30. The van der Waals surface area contributed by atoms with Crippen molar-refractivity contribution in [3.63, 3.8) is 0 Å². The topological polar surface area (TPSA) is 59.6 Å². The SMILES string of the molecule is CC(C)(C)OC(=O)NC1CCNC[C@H]1COC1CCC(c2cccc(F)c2)CC1. The van der Waals surface area contributed by atoms with E-state index in [-0.39, 0.29) is 30.0 Å². The van der Waals surface area contributed by atoms with E-state index in [1.165, 1.54) is 6.07 Å². The van der Waals surface area contributed by atoms with Crippen LogP contribution in [0, 0.1) is 11.7 Å². The lowest BCUT2D eigenvalue weighted by atomic mass is 9.82. The lowest BCUT2D eigenvalue weighted by molar-refractivity contribution is -0.00773. The van der Waals surface area contributed by atoms with Gasteiger partial charge in [-0.2, -0.15) is 0 Å². The minimum Gasteiger partial charge on any atom is -0.444 e. The summed E-state index contributed by atoms with van der Waals surface area (Å²) in [6.07, 6.45) is 4.79. The van der Waals surface area contributed by atoms with Crippen LogP contribution in [0.2, 0.25) is 0 Å². The maximum Gasteiger partial charge on any atom is 0.407 e. The monoisotopic (exact) mass is 406 g/mol. The Morgan fingerprint density at radius 2 is 1.97 bits per heavy atom. The Labute approximate surface area is 173 Å². The molecule has 0 aromatic heterocycles. The second kappa shape index (κ2) is 9.90. The van der Waals surface area contributed by atoms with E-state index >= 15 is 0 Å². The minimum atomic E-state index is -0.497. The Bertz CT molecular complexity index is 668. The van der Waals surface area contributed by atoms with Gasteiger partial charge in [0.05, 0.1) is 12.7 Å². The molecule has 1 aliphatic heterocycles. The lowest BCUT2D eigenvalue weighted by Gasteiger charge is -2.35. The second-order valence-corrected chi connectivity index (χ2v) is 9.37. The van der Waals surface area contributed by atoms with Crippen molar-refractivity contribution >= 4 is 6.09 Å². The van der Waals surface area contributed by atoms with Crippen molar-refractivity contribution in [2.45, 2.75) is 76.5 Å². The van der Waals surface area contributed by atoms with E-state index in [0.717, 1.165) is 50.8 Å². The molecule has 1 heterocycles. The highest BCUT2D eigenvalue weighted by atomic mass is 19.1. The highest BCUT2D eigenvalue weighted by Crippen LogP contribution is 2.34. The maximum absolute atomic E-state index is 13.5. The van der Waals surface area contributed by atoms with Crippen LogP contribution < -0.4 is 10.6 Å². The molecule has 29 heavy (non-hydrogen) atoms. The number of nitrogens with one attached hydrogen (secondary N) is 2. The molecule has 1 unspecified atom stereocenters. The summed E-state index contributed by atoms with van der Waals surface area (Å²) in [4.78, 5) is 12.2. The molecule has 3 rings (SSSR count). The molecule has 5 nitrogen and oxygen atoms in total. The van der Waals surface area contributed by atoms with E-state index in [1.54, 1.807) is 12.1 Å². The number of alkyl carbamates (subject to hydrolysis) is 1. The zero-order valence-corrected chi connectivity index (χ0v) is 17.9. The van der Waals surface area contributed by atoms with Gasteiger partial charge < -0.3 is 20.1 Å². The molecule has 1 aromatic rings. The Kier molecular flexibility index (Phi) is 7.52. The Hall–Kier alpha value is -1.66. The van der Waals surface area contributed by atoms with Crippen LogP contribution in [-0.4, -0.2) is 43.5 Å². The number of rotatable bonds is 5. The van der Waals surface area contributed by atoms with Crippen LogP contribution in [0.4, 0.5) is 9.18 Å². The molecule has 1 saturated carbocycles. The van der Waals surface area contributed by atoms with E-state index in [9.17, 15) is 9.18 Å². The van der Waals surface area contributed by atoms with Crippen LogP contribution in [0.15, 0.2) is 24.3 Å². The second-order valence-electron chi connectivity index (χ2n) is 9.37. The molecular formula is C23H35FN2O3. The molecule has 0 bridgehead atoms. The smallest absolute Gasteiger partial charge is 0.407 e. The number of hydrogen-bond donors (Lipinski definition) is 2. The Morgan fingerprint density at radius 3 is 2.66 bits per heavy atom. The maximum atomic E-state index is 13.5. The summed E-state index contributed by atoms with van der Waals surface area (Å²) in [6, 6.07) is 7.04. The van der Waals surface area contributed by atoms with Gasteiger partial charge in [-0.25, -0.2) is 9.18 Å². The van der Waals surface area contributed by atoms with E-state index in [4.69, 9.17) is 9.47 Å². The quantitative estimate of drug-likeness (QED) is 0.762. The van der Waals surface area contributed by atoms with Crippen LogP contribution in [0.25, 0.3) is 0 Å². The number of carbonyl (C=O) groups excluding carboxylic acids is 1. The van der Waals surface area contributed by atoms with Gasteiger partial charge in [0.15, 0.2) is 0 Å². The molecule has 2 aliphatic rings. The van der Waals surface area contributed by atoms with Crippen molar-refractivity contribution in [2.24, 2.45) is 5.92 Å². The van der Waals surface area contributed by atoms with Crippen molar-refractivity contribution in [1.29, 1.82) is 0 Å². The zero-order chi connectivity index (χ0) is 20.9. The summed E-state index contributed by atoms with van der Waals surface area (Å²) >= 11 is 0. The highest BCUT2D eigenvalue weighted by molar-refractivity contribution is 5.68. The summed E-state index contributed by atoms with van der Waals surface area (Å²) < 4.78 is 25.1. The normalized spacial score (nSPS) is 28.0. The van der Waals surface area contributed by atoms with Gasteiger partial charge in [-0.3, -0.25) is 0 Å². The van der Waals surface area contributed by atoms with Crippen molar-refractivity contribution in [3.05, 3.63) is 35.6 Å². The molecule has 1 aliphatic carbocycles. The fraction of sp³-hybridized carbons (Fsp3) is 0.696. The predicted molar refractivity (Wildman–Crippen MR) is 111 cm³/mol. The molecule has 1 aromatic carbocycles. The number of ether oxygens (including phenoxy) is 2. The lowest BCUT2D eigenvalue weighted by Crippen LogP contribution is -2.52. The number of benzene rings is 1. The first kappa shape index (κ1) is 22.0. The largest absolute Gasteiger partial charge is 0.444 e. The van der Waals surface area contributed by atoms with Gasteiger partial charge >= 0.3 is 6.09 Å². The van der Waals surface area contributed by atoms with E-state index in [0.29, 0.717) is 12.5 Å². The average molecular weight is 407 g/mol. The molecule has 2 atom stereocenters. The molecule has 0 spiro atoms. The van der Waals surface area contributed by atoms with Gasteiger partial charge in [0.2, 0.25) is 0 Å². The molecule has 1 amide bonds. The number of halogens is 1. The van der Waals surface area contributed by atoms with Gasteiger partial charge in [0.1, 0.15) is 11.4 Å². The van der Waals surface area contributed by atoms with Gasteiger partial charge in [0, 0.05) is 18.5 Å². The van der Waals surface area contributed by atoms with Crippen LogP contribution >= 0.6 is 0 Å².